The van der Waals surface area contributed by atoms with Crippen LogP contribution in [0.5, 0.6) is 0 Å². The zero-order valence-corrected chi connectivity index (χ0v) is 12.0. The summed E-state index contributed by atoms with van der Waals surface area (Å²) >= 11 is 5.29. The lowest BCUT2D eigenvalue weighted by molar-refractivity contribution is 1.18. The number of nitrogens with one attached hydrogen (secondary N) is 1. The molecule has 0 aliphatic rings. The average molecular weight is 319 g/mol. The topological polar surface area (TPSA) is 24.9 Å². The molecular weight excluding hydrogens is 308 g/mol. The summed E-state index contributed by atoms with van der Waals surface area (Å²) in [6.07, 6.45) is 1.82. The number of nitrogens with zero attached hydrogens (tertiary/aromatic N) is 1. The smallest absolute Gasteiger partial charge is 0.0703 e. The van der Waals surface area contributed by atoms with Crippen molar-refractivity contribution < 1.29 is 0 Å². The molecule has 0 radical (unpaired) electrons. The maximum atomic E-state index is 4.31. The summed E-state index contributed by atoms with van der Waals surface area (Å²) < 4.78 is 1.17. The van der Waals surface area contributed by atoms with Crippen LogP contribution in [0.3, 0.4) is 0 Å². The van der Waals surface area contributed by atoms with Gasteiger partial charge in [0.1, 0.15) is 0 Å². The highest BCUT2D eigenvalue weighted by Crippen LogP contribution is 2.24. The van der Waals surface area contributed by atoms with Crippen LogP contribution < -0.4 is 5.32 Å². The predicted molar refractivity (Wildman–Crippen MR) is 81.1 cm³/mol. The third-order valence-corrected chi connectivity index (χ3v) is 4.67. The number of thiophene rings is 1. The molecular formula is C14H11BrN2S. The summed E-state index contributed by atoms with van der Waals surface area (Å²) in [5, 5.41) is 6.68. The Morgan fingerprint density at radius 1 is 1.22 bits per heavy atom. The number of fused-ring (bicyclic) bond motifs is 1. The molecule has 0 saturated heterocycles. The van der Waals surface area contributed by atoms with Crippen molar-refractivity contribution in [3.8, 4) is 0 Å². The maximum Gasteiger partial charge on any atom is 0.0703 e. The number of aromatic nitrogens is 1. The van der Waals surface area contributed by atoms with Crippen LogP contribution in [0.15, 0.2) is 52.4 Å². The number of pyridine rings is 1. The quantitative estimate of drug-likeness (QED) is 0.759. The van der Waals surface area contributed by atoms with Crippen LogP contribution in [0, 0.1) is 0 Å². The molecule has 0 aliphatic heterocycles. The van der Waals surface area contributed by atoms with E-state index >= 15 is 0 Å². The van der Waals surface area contributed by atoms with Crippen LogP contribution in [-0.2, 0) is 6.54 Å². The number of hydrogen-bond acceptors (Lipinski definition) is 3. The summed E-state index contributed by atoms with van der Waals surface area (Å²) in [5.41, 5.74) is 2.15. The lowest BCUT2D eigenvalue weighted by atomic mass is 10.2. The molecule has 0 spiro atoms. The van der Waals surface area contributed by atoms with E-state index in [0.29, 0.717) is 0 Å². The van der Waals surface area contributed by atoms with Gasteiger partial charge in [0, 0.05) is 26.6 Å². The van der Waals surface area contributed by atoms with Crippen LogP contribution in [-0.4, -0.2) is 4.98 Å². The molecule has 0 atom stereocenters. The van der Waals surface area contributed by atoms with E-state index in [1.54, 1.807) is 11.3 Å². The van der Waals surface area contributed by atoms with Gasteiger partial charge in [-0.15, -0.1) is 11.3 Å². The molecule has 3 rings (SSSR count). The Bertz CT molecular complexity index is 678. The Morgan fingerprint density at radius 3 is 3.00 bits per heavy atom. The highest BCUT2D eigenvalue weighted by Gasteiger charge is 2.01. The highest BCUT2D eigenvalue weighted by atomic mass is 79.9. The summed E-state index contributed by atoms with van der Waals surface area (Å²) in [6.45, 7) is 0.837. The second-order valence-corrected chi connectivity index (χ2v) is 5.81. The van der Waals surface area contributed by atoms with Crippen molar-refractivity contribution in [3.05, 3.63) is 57.3 Å². The largest absolute Gasteiger partial charge is 0.380 e. The Morgan fingerprint density at radius 2 is 2.17 bits per heavy atom. The van der Waals surface area contributed by atoms with Crippen LogP contribution in [0.2, 0.25) is 0 Å². The van der Waals surface area contributed by atoms with E-state index in [9.17, 15) is 0 Å². The maximum absolute atomic E-state index is 4.31. The summed E-state index contributed by atoms with van der Waals surface area (Å²) in [6, 6.07) is 12.4. The summed E-state index contributed by atoms with van der Waals surface area (Å²) in [4.78, 5) is 5.62. The number of anilines is 1. The van der Waals surface area contributed by atoms with Gasteiger partial charge in [-0.3, -0.25) is 4.98 Å². The van der Waals surface area contributed by atoms with Gasteiger partial charge in [-0.25, -0.2) is 0 Å². The fourth-order valence-electron chi connectivity index (χ4n) is 1.82. The predicted octanol–water partition coefficient (Wildman–Crippen LogP) is 4.67. The molecule has 1 N–H and O–H groups in total. The van der Waals surface area contributed by atoms with Gasteiger partial charge >= 0.3 is 0 Å². The Kier molecular flexibility index (Phi) is 3.30. The standard InChI is InChI=1S/C14H11BrN2S/c15-12-5-7-18-14(12)9-17-11-3-4-13-10(8-11)2-1-6-16-13/h1-8,17H,9H2. The third kappa shape index (κ3) is 2.40. The van der Waals surface area contributed by atoms with Crippen molar-refractivity contribution in [2.45, 2.75) is 6.54 Å². The van der Waals surface area contributed by atoms with E-state index in [2.05, 4.69) is 55.9 Å². The second kappa shape index (κ2) is 5.08. The fraction of sp³-hybridized carbons (Fsp3) is 0.0714. The second-order valence-electron chi connectivity index (χ2n) is 3.96. The van der Waals surface area contributed by atoms with E-state index < -0.39 is 0 Å². The van der Waals surface area contributed by atoms with Crippen molar-refractivity contribution in [1.82, 2.24) is 4.98 Å². The van der Waals surface area contributed by atoms with Crippen molar-refractivity contribution in [3.63, 3.8) is 0 Å². The normalized spacial score (nSPS) is 10.7. The Labute approximate surface area is 118 Å². The van der Waals surface area contributed by atoms with E-state index in [1.807, 2.05) is 18.3 Å². The van der Waals surface area contributed by atoms with Crippen LogP contribution in [0.1, 0.15) is 4.88 Å². The van der Waals surface area contributed by atoms with Gasteiger partial charge in [0.05, 0.1) is 12.1 Å². The zero-order chi connectivity index (χ0) is 12.4. The van der Waals surface area contributed by atoms with Crippen LogP contribution in [0.4, 0.5) is 5.69 Å². The number of benzene rings is 1. The van der Waals surface area contributed by atoms with Crippen molar-refractivity contribution in [1.29, 1.82) is 0 Å². The third-order valence-electron chi connectivity index (χ3n) is 2.75. The Balaban J connectivity index is 1.81. The molecule has 0 fully saturated rings. The molecule has 0 unspecified atom stereocenters. The molecule has 18 heavy (non-hydrogen) atoms. The van der Waals surface area contributed by atoms with Gasteiger partial charge in [0.25, 0.3) is 0 Å². The van der Waals surface area contributed by atoms with Gasteiger partial charge in [0.2, 0.25) is 0 Å². The first kappa shape index (κ1) is 11.7. The highest BCUT2D eigenvalue weighted by molar-refractivity contribution is 9.10. The zero-order valence-electron chi connectivity index (χ0n) is 9.56. The van der Waals surface area contributed by atoms with Gasteiger partial charge in [0.15, 0.2) is 0 Å². The van der Waals surface area contributed by atoms with Crippen molar-refractivity contribution >= 4 is 43.9 Å². The van der Waals surface area contributed by atoms with Crippen molar-refractivity contribution in [2.75, 3.05) is 5.32 Å². The summed E-state index contributed by atoms with van der Waals surface area (Å²) in [5.74, 6) is 0. The van der Waals surface area contributed by atoms with Gasteiger partial charge < -0.3 is 5.32 Å². The average Bonchev–Trinajstić information content (AvgIpc) is 2.82. The van der Waals surface area contributed by atoms with Crippen LogP contribution >= 0.6 is 27.3 Å². The molecule has 2 aromatic heterocycles. The van der Waals surface area contributed by atoms with Crippen molar-refractivity contribution in [2.24, 2.45) is 0 Å². The molecule has 0 amide bonds. The van der Waals surface area contributed by atoms with Gasteiger partial charge in [-0.1, -0.05) is 6.07 Å². The molecule has 3 aromatic rings. The SMILES string of the molecule is Brc1ccsc1CNc1ccc2ncccc2c1. The first-order valence-electron chi connectivity index (χ1n) is 5.63. The Hall–Kier alpha value is -1.39. The first-order chi connectivity index (χ1) is 8.83. The lowest BCUT2D eigenvalue weighted by Crippen LogP contribution is -1.97. The molecule has 0 saturated carbocycles. The minimum Gasteiger partial charge on any atom is -0.380 e. The first-order valence-corrected chi connectivity index (χ1v) is 7.31. The fourth-order valence-corrected chi connectivity index (χ4v) is 3.25. The lowest BCUT2D eigenvalue weighted by Gasteiger charge is -2.06. The van der Waals surface area contributed by atoms with Crippen LogP contribution in [0.25, 0.3) is 10.9 Å². The molecule has 1 aromatic carbocycles. The minimum absolute atomic E-state index is 0.837. The summed E-state index contributed by atoms with van der Waals surface area (Å²) in [7, 11) is 0. The molecule has 2 nitrogen and oxygen atoms in total. The molecule has 0 bridgehead atoms. The van der Waals surface area contributed by atoms with E-state index in [1.165, 1.54) is 9.35 Å². The number of rotatable bonds is 3. The molecule has 4 heteroatoms. The number of halogens is 1. The van der Waals surface area contributed by atoms with E-state index in [-0.39, 0.29) is 0 Å². The monoisotopic (exact) mass is 318 g/mol. The van der Waals surface area contributed by atoms with E-state index in [4.69, 9.17) is 0 Å². The van der Waals surface area contributed by atoms with Gasteiger partial charge in [-0.2, -0.15) is 0 Å². The minimum atomic E-state index is 0.837. The van der Waals surface area contributed by atoms with E-state index in [0.717, 1.165) is 23.1 Å². The molecule has 0 aliphatic carbocycles. The molecule has 90 valence electrons. The molecule has 2 heterocycles. The van der Waals surface area contributed by atoms with Gasteiger partial charge in [-0.05, 0) is 51.6 Å². The number of hydrogen-bond donors (Lipinski definition) is 1.